The summed E-state index contributed by atoms with van der Waals surface area (Å²) in [6.45, 7) is 2.93. The molecule has 0 saturated heterocycles. The topological polar surface area (TPSA) is 60.9 Å². The Kier molecular flexibility index (Phi) is 5.31. The monoisotopic (exact) mass is 281 g/mol. The minimum Gasteiger partial charge on any atom is -0.383 e. The summed E-state index contributed by atoms with van der Waals surface area (Å²) in [5.74, 6) is 1.93. The van der Waals surface area contributed by atoms with Crippen molar-refractivity contribution in [1.82, 2.24) is 9.55 Å². The van der Waals surface area contributed by atoms with E-state index in [1.165, 1.54) is 38.2 Å². The first-order valence-corrected chi connectivity index (χ1v) is 8.19. The number of hydrogen-bond donors (Lipinski definition) is 1. The van der Waals surface area contributed by atoms with Crippen LogP contribution in [0.3, 0.4) is 0 Å². The number of hydrogen-bond acceptors (Lipinski definition) is 4. The molecule has 1 aliphatic rings. The van der Waals surface area contributed by atoms with Gasteiger partial charge in [-0.05, 0) is 25.2 Å². The minimum atomic E-state index is -0.00308. The molecular formula is C14H23N3OS. The molecule has 0 spiro atoms. The molecule has 0 atom stereocenters. The van der Waals surface area contributed by atoms with Gasteiger partial charge in [0, 0.05) is 18.4 Å². The highest BCUT2D eigenvalue weighted by Gasteiger charge is 2.17. The molecular weight excluding hydrogens is 258 g/mol. The van der Waals surface area contributed by atoms with E-state index in [2.05, 4.69) is 11.9 Å². The van der Waals surface area contributed by atoms with Gasteiger partial charge in [-0.25, -0.2) is 4.98 Å². The van der Waals surface area contributed by atoms with Gasteiger partial charge in [-0.3, -0.25) is 9.36 Å². The van der Waals surface area contributed by atoms with E-state index in [9.17, 15) is 4.79 Å². The summed E-state index contributed by atoms with van der Waals surface area (Å²) in [6, 6.07) is 1.44. The minimum absolute atomic E-state index is 0.00308. The van der Waals surface area contributed by atoms with Crippen LogP contribution in [0.25, 0.3) is 0 Å². The van der Waals surface area contributed by atoms with E-state index in [0.717, 1.165) is 23.9 Å². The summed E-state index contributed by atoms with van der Waals surface area (Å²) in [5, 5.41) is 0.789. The van der Waals surface area contributed by atoms with Gasteiger partial charge in [0.2, 0.25) is 0 Å². The van der Waals surface area contributed by atoms with E-state index in [0.29, 0.717) is 11.7 Å². The zero-order chi connectivity index (χ0) is 13.7. The van der Waals surface area contributed by atoms with Gasteiger partial charge in [-0.2, -0.15) is 0 Å². The number of nitrogens with two attached hydrogens (primary N) is 1. The van der Waals surface area contributed by atoms with Gasteiger partial charge in [-0.15, -0.1) is 0 Å². The maximum absolute atomic E-state index is 12.1. The summed E-state index contributed by atoms with van der Waals surface area (Å²) in [6.07, 6.45) is 7.45. The quantitative estimate of drug-likeness (QED) is 0.666. The average molecular weight is 281 g/mol. The molecule has 0 bridgehead atoms. The van der Waals surface area contributed by atoms with E-state index in [4.69, 9.17) is 5.73 Å². The van der Waals surface area contributed by atoms with Crippen LogP contribution in [0.5, 0.6) is 0 Å². The molecule has 2 N–H and O–H groups in total. The maximum atomic E-state index is 12.1. The highest BCUT2D eigenvalue weighted by atomic mass is 32.2. The van der Waals surface area contributed by atoms with E-state index in [1.807, 2.05) is 4.57 Å². The van der Waals surface area contributed by atoms with Crippen LogP contribution in [0.4, 0.5) is 5.82 Å². The van der Waals surface area contributed by atoms with Gasteiger partial charge in [0.1, 0.15) is 5.82 Å². The molecule has 1 aromatic heterocycles. The highest BCUT2D eigenvalue weighted by Crippen LogP contribution is 2.26. The molecule has 106 valence electrons. The Hall–Kier alpha value is -0.970. The van der Waals surface area contributed by atoms with Crippen molar-refractivity contribution < 1.29 is 0 Å². The van der Waals surface area contributed by atoms with Crippen molar-refractivity contribution in [3.8, 4) is 0 Å². The second-order valence-electron chi connectivity index (χ2n) is 5.26. The Labute approximate surface area is 118 Å². The van der Waals surface area contributed by atoms with Gasteiger partial charge < -0.3 is 5.73 Å². The molecule has 1 fully saturated rings. The first kappa shape index (κ1) is 14.4. The highest BCUT2D eigenvalue weighted by molar-refractivity contribution is 7.99. The molecule has 1 aromatic rings. The predicted octanol–water partition coefficient (Wildman–Crippen LogP) is 2.91. The number of rotatable bonds is 5. The van der Waals surface area contributed by atoms with Crippen LogP contribution in [0.15, 0.2) is 16.0 Å². The maximum Gasteiger partial charge on any atom is 0.256 e. The van der Waals surface area contributed by atoms with Gasteiger partial charge in [0.05, 0.1) is 0 Å². The Morgan fingerprint density at radius 3 is 2.84 bits per heavy atom. The van der Waals surface area contributed by atoms with Crippen LogP contribution in [-0.4, -0.2) is 15.3 Å². The lowest BCUT2D eigenvalue weighted by atomic mass is 9.89. The molecule has 4 nitrogen and oxygen atoms in total. The van der Waals surface area contributed by atoms with Crippen LogP contribution in [0.1, 0.15) is 45.4 Å². The predicted molar refractivity (Wildman–Crippen MR) is 80.5 cm³/mol. The fraction of sp³-hybridized carbons (Fsp3) is 0.714. The number of thioether (sulfide) groups is 1. The summed E-state index contributed by atoms with van der Waals surface area (Å²) in [7, 11) is 0. The lowest BCUT2D eigenvalue weighted by molar-refractivity contribution is 0.305. The summed E-state index contributed by atoms with van der Waals surface area (Å²) in [4.78, 5) is 16.5. The molecule has 1 heterocycles. The Balaban J connectivity index is 2.18. The van der Waals surface area contributed by atoms with Crippen molar-refractivity contribution in [3.63, 3.8) is 0 Å². The van der Waals surface area contributed by atoms with Crippen LogP contribution >= 0.6 is 11.8 Å². The third-order valence-corrected chi connectivity index (χ3v) is 4.78. The zero-order valence-corrected chi connectivity index (χ0v) is 12.4. The summed E-state index contributed by atoms with van der Waals surface area (Å²) < 4.78 is 1.83. The fourth-order valence-corrected chi connectivity index (χ4v) is 3.48. The Bertz CT molecular complexity index is 466. The van der Waals surface area contributed by atoms with Gasteiger partial charge in [-0.1, -0.05) is 37.9 Å². The SMILES string of the molecule is CCCSc1nc(N)cc(=O)n1CC1CCCCC1. The standard InChI is InChI=1S/C14H23N3OS/c1-2-8-19-14-16-12(15)9-13(18)17(14)10-11-6-4-3-5-7-11/h9,11H,2-8,10,15H2,1H3. The number of anilines is 1. The molecule has 0 radical (unpaired) electrons. The third kappa shape index (κ3) is 4.00. The molecule has 1 saturated carbocycles. The van der Waals surface area contributed by atoms with Crippen molar-refractivity contribution >= 4 is 17.6 Å². The van der Waals surface area contributed by atoms with E-state index < -0.39 is 0 Å². The summed E-state index contributed by atoms with van der Waals surface area (Å²) >= 11 is 1.64. The Morgan fingerprint density at radius 2 is 2.16 bits per heavy atom. The van der Waals surface area contributed by atoms with E-state index in [1.54, 1.807) is 11.8 Å². The molecule has 1 aliphatic carbocycles. The van der Waals surface area contributed by atoms with Crippen LogP contribution in [-0.2, 0) is 6.54 Å². The van der Waals surface area contributed by atoms with Crippen LogP contribution < -0.4 is 11.3 Å². The van der Waals surface area contributed by atoms with Crippen molar-refractivity contribution in [2.24, 2.45) is 5.92 Å². The van der Waals surface area contributed by atoms with Gasteiger partial charge in [0.15, 0.2) is 5.16 Å². The Morgan fingerprint density at radius 1 is 1.42 bits per heavy atom. The van der Waals surface area contributed by atoms with Crippen molar-refractivity contribution in [2.45, 2.75) is 57.1 Å². The lowest BCUT2D eigenvalue weighted by Gasteiger charge is -2.23. The molecule has 0 aliphatic heterocycles. The fourth-order valence-electron chi connectivity index (χ4n) is 2.60. The number of aromatic nitrogens is 2. The van der Waals surface area contributed by atoms with E-state index in [-0.39, 0.29) is 5.56 Å². The second kappa shape index (κ2) is 6.98. The normalized spacial score (nSPS) is 16.7. The largest absolute Gasteiger partial charge is 0.383 e. The molecule has 0 amide bonds. The number of nitrogen functional groups attached to an aromatic ring is 1. The molecule has 0 unspecified atom stereocenters. The third-order valence-electron chi connectivity index (χ3n) is 3.59. The van der Waals surface area contributed by atoms with Crippen LogP contribution in [0, 0.1) is 5.92 Å². The first-order chi connectivity index (χ1) is 9.20. The molecule has 5 heteroatoms. The second-order valence-corrected chi connectivity index (χ2v) is 6.33. The van der Waals surface area contributed by atoms with E-state index >= 15 is 0 Å². The number of nitrogens with zero attached hydrogens (tertiary/aromatic N) is 2. The van der Waals surface area contributed by atoms with Gasteiger partial charge >= 0.3 is 0 Å². The first-order valence-electron chi connectivity index (χ1n) is 7.21. The van der Waals surface area contributed by atoms with Crippen molar-refractivity contribution in [2.75, 3.05) is 11.5 Å². The van der Waals surface area contributed by atoms with Crippen LogP contribution in [0.2, 0.25) is 0 Å². The smallest absolute Gasteiger partial charge is 0.256 e. The van der Waals surface area contributed by atoms with Crippen molar-refractivity contribution in [3.05, 3.63) is 16.4 Å². The molecule has 19 heavy (non-hydrogen) atoms. The zero-order valence-electron chi connectivity index (χ0n) is 11.6. The average Bonchev–Trinajstić information content (AvgIpc) is 2.41. The van der Waals surface area contributed by atoms with Crippen molar-refractivity contribution in [1.29, 1.82) is 0 Å². The lowest BCUT2D eigenvalue weighted by Crippen LogP contribution is -2.27. The molecule has 0 aromatic carbocycles. The molecule has 2 rings (SSSR count). The van der Waals surface area contributed by atoms with Gasteiger partial charge in [0.25, 0.3) is 5.56 Å². The summed E-state index contributed by atoms with van der Waals surface area (Å²) in [5.41, 5.74) is 5.69.